The number of hydrogen-bond donors (Lipinski definition) is 2. The van der Waals surface area contributed by atoms with Crippen molar-refractivity contribution in [3.63, 3.8) is 0 Å². The van der Waals surface area contributed by atoms with Crippen LogP contribution in [-0.2, 0) is 4.74 Å². The van der Waals surface area contributed by atoms with Crippen LogP contribution in [0.3, 0.4) is 0 Å². The summed E-state index contributed by atoms with van der Waals surface area (Å²) in [5.74, 6) is -0.444. The molecule has 0 fully saturated rings. The molecule has 7 heteroatoms. The van der Waals surface area contributed by atoms with Crippen LogP contribution in [0.25, 0.3) is 0 Å². The van der Waals surface area contributed by atoms with Crippen LogP contribution in [0.15, 0.2) is 16.6 Å². The summed E-state index contributed by atoms with van der Waals surface area (Å²) in [5.41, 5.74) is 0.0796. The molecule has 0 aliphatic rings. The van der Waals surface area contributed by atoms with E-state index in [1.54, 1.807) is 0 Å². The molecule has 0 aromatic heterocycles. The van der Waals surface area contributed by atoms with Crippen molar-refractivity contribution in [2.75, 3.05) is 26.9 Å². The number of aliphatic hydroxyl groups is 1. The molecule has 0 aliphatic heterocycles. The van der Waals surface area contributed by atoms with Crippen molar-refractivity contribution in [1.29, 1.82) is 0 Å². The molecular formula is C13H17BrO6. The van der Waals surface area contributed by atoms with Gasteiger partial charge in [0.1, 0.15) is 12.7 Å². The number of carboxylic acids is 1. The van der Waals surface area contributed by atoms with Crippen LogP contribution in [0.1, 0.15) is 17.3 Å². The van der Waals surface area contributed by atoms with Crippen LogP contribution in [-0.4, -0.2) is 49.2 Å². The molecule has 1 aromatic carbocycles. The van der Waals surface area contributed by atoms with E-state index in [0.717, 1.165) is 0 Å². The lowest BCUT2D eigenvalue weighted by atomic mass is 10.2. The number of ether oxygens (including phenoxy) is 3. The van der Waals surface area contributed by atoms with Gasteiger partial charge in [0.2, 0.25) is 0 Å². The molecule has 0 saturated carbocycles. The maximum absolute atomic E-state index is 10.9. The Morgan fingerprint density at radius 2 is 2.10 bits per heavy atom. The molecule has 20 heavy (non-hydrogen) atoms. The summed E-state index contributed by atoms with van der Waals surface area (Å²) in [6, 6.07) is 2.77. The highest BCUT2D eigenvalue weighted by Gasteiger charge is 2.16. The van der Waals surface area contributed by atoms with E-state index in [-0.39, 0.29) is 24.5 Å². The van der Waals surface area contributed by atoms with Gasteiger partial charge in [0.25, 0.3) is 0 Å². The lowest BCUT2D eigenvalue weighted by Gasteiger charge is -2.16. The monoisotopic (exact) mass is 348 g/mol. The minimum absolute atomic E-state index is 0.0153. The Kier molecular flexibility index (Phi) is 6.77. The van der Waals surface area contributed by atoms with E-state index < -0.39 is 12.1 Å². The van der Waals surface area contributed by atoms with Gasteiger partial charge in [-0.2, -0.15) is 0 Å². The van der Waals surface area contributed by atoms with Crippen LogP contribution in [0.5, 0.6) is 11.5 Å². The molecule has 0 spiro atoms. The van der Waals surface area contributed by atoms with Crippen LogP contribution >= 0.6 is 15.9 Å². The average molecular weight is 349 g/mol. The van der Waals surface area contributed by atoms with Crippen LogP contribution in [0, 0.1) is 0 Å². The van der Waals surface area contributed by atoms with Crippen LogP contribution in [0.2, 0.25) is 0 Å². The summed E-state index contributed by atoms with van der Waals surface area (Å²) in [7, 11) is 1.41. The molecule has 0 heterocycles. The molecule has 0 saturated heterocycles. The molecule has 2 N–H and O–H groups in total. The Bertz CT molecular complexity index is 462. The number of benzene rings is 1. The first-order chi connectivity index (χ1) is 9.49. The number of carbonyl (C=O) groups is 1. The number of hydrogen-bond acceptors (Lipinski definition) is 5. The zero-order chi connectivity index (χ0) is 15.1. The van der Waals surface area contributed by atoms with Crippen molar-refractivity contribution >= 4 is 21.9 Å². The Labute approximate surface area is 125 Å². The van der Waals surface area contributed by atoms with Gasteiger partial charge in [-0.25, -0.2) is 4.79 Å². The Balaban J connectivity index is 2.81. The maximum Gasteiger partial charge on any atom is 0.335 e. The minimum atomic E-state index is -1.06. The molecule has 6 nitrogen and oxygen atoms in total. The van der Waals surface area contributed by atoms with E-state index in [0.29, 0.717) is 16.8 Å². The van der Waals surface area contributed by atoms with Gasteiger partial charge in [-0.05, 0) is 35.0 Å². The lowest BCUT2D eigenvalue weighted by molar-refractivity contribution is 0.0158. The van der Waals surface area contributed by atoms with Gasteiger partial charge < -0.3 is 24.4 Å². The van der Waals surface area contributed by atoms with Crippen molar-refractivity contribution in [2.24, 2.45) is 0 Å². The second-order valence-corrected chi connectivity index (χ2v) is 4.77. The van der Waals surface area contributed by atoms with E-state index in [4.69, 9.17) is 19.3 Å². The molecule has 112 valence electrons. The first-order valence-electron chi connectivity index (χ1n) is 5.99. The van der Waals surface area contributed by atoms with Crippen molar-refractivity contribution in [3.05, 3.63) is 22.2 Å². The zero-order valence-electron chi connectivity index (χ0n) is 11.3. The number of methoxy groups -OCH3 is 1. The second kappa shape index (κ2) is 8.08. The van der Waals surface area contributed by atoms with Crippen LogP contribution in [0.4, 0.5) is 0 Å². The smallest absolute Gasteiger partial charge is 0.335 e. The van der Waals surface area contributed by atoms with E-state index in [1.165, 1.54) is 19.2 Å². The topological polar surface area (TPSA) is 85.2 Å². The normalized spacial score (nSPS) is 12.0. The largest absolute Gasteiger partial charge is 0.493 e. The van der Waals surface area contributed by atoms with Gasteiger partial charge in [0, 0.05) is 6.61 Å². The van der Waals surface area contributed by atoms with Gasteiger partial charge in [-0.3, -0.25) is 0 Å². The van der Waals surface area contributed by atoms with E-state index >= 15 is 0 Å². The van der Waals surface area contributed by atoms with Gasteiger partial charge in [0.05, 0.1) is 23.8 Å². The van der Waals surface area contributed by atoms with E-state index in [1.807, 2.05) is 6.92 Å². The predicted octanol–water partition coefficient (Wildman–Crippen LogP) is 1.93. The van der Waals surface area contributed by atoms with Crippen LogP contribution < -0.4 is 9.47 Å². The number of rotatable bonds is 8. The first-order valence-corrected chi connectivity index (χ1v) is 6.78. The number of halogens is 1. The average Bonchev–Trinajstić information content (AvgIpc) is 2.42. The van der Waals surface area contributed by atoms with Crippen molar-refractivity contribution in [2.45, 2.75) is 13.0 Å². The Morgan fingerprint density at radius 1 is 1.40 bits per heavy atom. The molecule has 0 radical (unpaired) electrons. The highest BCUT2D eigenvalue weighted by Crippen LogP contribution is 2.36. The molecule has 1 atom stereocenters. The highest BCUT2D eigenvalue weighted by molar-refractivity contribution is 9.10. The SMILES string of the molecule is CCOCC(O)COc1c(Br)cc(C(=O)O)cc1OC. The van der Waals surface area contributed by atoms with Crippen molar-refractivity contribution < 1.29 is 29.2 Å². The molecule has 1 rings (SSSR count). The standard InChI is InChI=1S/C13H17BrO6/c1-3-19-6-9(15)7-20-12-10(14)4-8(13(16)17)5-11(12)18-2/h4-5,9,15H,3,6-7H2,1-2H3,(H,16,17). The predicted molar refractivity (Wildman–Crippen MR) is 75.6 cm³/mol. The highest BCUT2D eigenvalue weighted by atomic mass is 79.9. The van der Waals surface area contributed by atoms with Crippen molar-refractivity contribution in [3.8, 4) is 11.5 Å². The summed E-state index contributed by atoms with van der Waals surface area (Å²) < 4.78 is 16.1. The van der Waals surface area contributed by atoms with Gasteiger partial charge in [0.15, 0.2) is 11.5 Å². The second-order valence-electron chi connectivity index (χ2n) is 3.92. The first kappa shape index (κ1) is 16.7. The maximum atomic E-state index is 10.9. The molecule has 1 aromatic rings. The summed E-state index contributed by atoms with van der Waals surface area (Å²) in [6.07, 6.45) is -0.772. The fourth-order valence-electron chi connectivity index (χ4n) is 1.46. The van der Waals surface area contributed by atoms with Gasteiger partial charge >= 0.3 is 5.97 Å². The molecule has 1 unspecified atom stereocenters. The van der Waals surface area contributed by atoms with Crippen molar-refractivity contribution in [1.82, 2.24) is 0 Å². The Morgan fingerprint density at radius 3 is 2.65 bits per heavy atom. The molecular weight excluding hydrogens is 332 g/mol. The number of aromatic carboxylic acids is 1. The fraction of sp³-hybridized carbons (Fsp3) is 0.462. The third kappa shape index (κ3) is 4.66. The van der Waals surface area contributed by atoms with Gasteiger partial charge in [-0.15, -0.1) is 0 Å². The quantitative estimate of drug-likeness (QED) is 0.746. The minimum Gasteiger partial charge on any atom is -0.493 e. The van der Waals surface area contributed by atoms with Gasteiger partial charge in [-0.1, -0.05) is 0 Å². The van der Waals surface area contributed by atoms with E-state index in [2.05, 4.69) is 15.9 Å². The lowest BCUT2D eigenvalue weighted by Crippen LogP contribution is -2.23. The Hall–Kier alpha value is -1.31. The summed E-state index contributed by atoms with van der Waals surface area (Å²) in [5, 5.41) is 18.6. The molecule has 0 bridgehead atoms. The summed E-state index contributed by atoms with van der Waals surface area (Å²) >= 11 is 3.23. The third-order valence-electron chi connectivity index (χ3n) is 2.41. The fourth-order valence-corrected chi connectivity index (χ4v) is 2.02. The number of aliphatic hydroxyl groups excluding tert-OH is 1. The van der Waals surface area contributed by atoms with E-state index in [9.17, 15) is 9.90 Å². The zero-order valence-corrected chi connectivity index (χ0v) is 12.8. The number of carboxylic acid groups (broad SMARTS) is 1. The molecule has 0 amide bonds. The summed E-state index contributed by atoms with van der Waals surface area (Å²) in [4.78, 5) is 10.9. The molecule has 0 aliphatic carbocycles. The summed E-state index contributed by atoms with van der Waals surface area (Å²) in [6.45, 7) is 2.53. The third-order valence-corrected chi connectivity index (χ3v) is 3.00.